The lowest BCUT2D eigenvalue weighted by Gasteiger charge is -2.03. The van der Waals surface area contributed by atoms with Gasteiger partial charge in [-0.15, -0.1) is 0 Å². The van der Waals surface area contributed by atoms with Gasteiger partial charge in [0.2, 0.25) is 0 Å². The van der Waals surface area contributed by atoms with E-state index in [-0.39, 0.29) is 0 Å². The molecule has 3 rings (SSSR count). The van der Waals surface area contributed by atoms with Crippen molar-refractivity contribution >= 4 is 34.5 Å². The molecule has 0 aliphatic rings. The molecule has 1 heterocycles. The van der Waals surface area contributed by atoms with Gasteiger partial charge >= 0.3 is 0 Å². The minimum absolute atomic E-state index is 0.953. The Kier molecular flexibility index (Phi) is 4.80. The Morgan fingerprint density at radius 2 is 1.68 bits per heavy atom. The molecule has 0 radical (unpaired) electrons. The van der Waals surface area contributed by atoms with Gasteiger partial charge in [0.05, 0.1) is 11.9 Å². The summed E-state index contributed by atoms with van der Waals surface area (Å²) in [6.07, 6.45) is 5.45. The van der Waals surface area contributed by atoms with Crippen LogP contribution in [0, 0.1) is 3.57 Å². The van der Waals surface area contributed by atoms with Gasteiger partial charge in [0.1, 0.15) is 0 Å². The van der Waals surface area contributed by atoms with Crippen LogP contribution in [0.1, 0.15) is 5.56 Å². The number of hydrazone groups is 1. The standard InChI is InChI=1S/C18H14IN3/c19-17-7-3-14(4-8-17)12-21-22-18-9-5-15(6-10-18)16-2-1-11-20-13-16/h1-13,22H/b21-12+. The molecular formula is C18H14IN3. The van der Waals surface area contributed by atoms with Gasteiger partial charge < -0.3 is 0 Å². The minimum Gasteiger partial charge on any atom is -0.279 e. The van der Waals surface area contributed by atoms with Crippen molar-refractivity contribution in [3.63, 3.8) is 0 Å². The third kappa shape index (κ3) is 3.92. The summed E-state index contributed by atoms with van der Waals surface area (Å²) in [7, 11) is 0. The van der Waals surface area contributed by atoms with Gasteiger partial charge in [-0.1, -0.05) is 30.3 Å². The molecule has 0 saturated heterocycles. The zero-order valence-electron chi connectivity index (χ0n) is 11.8. The van der Waals surface area contributed by atoms with E-state index < -0.39 is 0 Å². The van der Waals surface area contributed by atoms with Crippen LogP contribution < -0.4 is 5.43 Å². The molecule has 22 heavy (non-hydrogen) atoms. The molecule has 108 valence electrons. The molecule has 0 fully saturated rings. The van der Waals surface area contributed by atoms with Crippen molar-refractivity contribution in [2.24, 2.45) is 5.10 Å². The fourth-order valence-electron chi connectivity index (χ4n) is 2.00. The minimum atomic E-state index is 0.953. The molecule has 0 spiro atoms. The smallest absolute Gasteiger partial charge is 0.0562 e. The van der Waals surface area contributed by atoms with Crippen LogP contribution in [0.3, 0.4) is 0 Å². The van der Waals surface area contributed by atoms with Gasteiger partial charge in [-0.2, -0.15) is 5.10 Å². The van der Waals surface area contributed by atoms with E-state index in [0.717, 1.165) is 22.4 Å². The molecule has 0 unspecified atom stereocenters. The molecule has 0 aliphatic carbocycles. The second-order valence-electron chi connectivity index (χ2n) is 4.74. The average Bonchev–Trinajstić information content (AvgIpc) is 2.58. The first-order valence-corrected chi connectivity index (χ1v) is 7.94. The van der Waals surface area contributed by atoms with E-state index in [4.69, 9.17) is 0 Å². The summed E-state index contributed by atoms with van der Waals surface area (Å²) in [5.74, 6) is 0. The Labute approximate surface area is 143 Å². The first kappa shape index (κ1) is 14.7. The molecule has 2 aromatic carbocycles. The summed E-state index contributed by atoms with van der Waals surface area (Å²) in [4.78, 5) is 4.13. The highest BCUT2D eigenvalue weighted by Gasteiger charge is 1.97. The maximum Gasteiger partial charge on any atom is 0.0562 e. The molecule has 0 aliphatic heterocycles. The molecule has 3 aromatic rings. The molecule has 1 N–H and O–H groups in total. The second-order valence-corrected chi connectivity index (χ2v) is 5.99. The summed E-state index contributed by atoms with van der Waals surface area (Å²) >= 11 is 2.29. The van der Waals surface area contributed by atoms with Gasteiger partial charge in [0, 0.05) is 16.0 Å². The Hall–Kier alpha value is -2.21. The molecule has 1 aromatic heterocycles. The summed E-state index contributed by atoms with van der Waals surface area (Å²) in [5.41, 5.74) is 7.31. The zero-order chi connectivity index (χ0) is 15.2. The van der Waals surface area contributed by atoms with Crippen LogP contribution in [-0.2, 0) is 0 Å². The Morgan fingerprint density at radius 1 is 0.909 bits per heavy atom. The molecule has 0 bridgehead atoms. The lowest BCUT2D eigenvalue weighted by atomic mass is 10.1. The van der Waals surface area contributed by atoms with E-state index in [1.165, 1.54) is 3.57 Å². The molecular weight excluding hydrogens is 385 g/mol. The van der Waals surface area contributed by atoms with Crippen molar-refractivity contribution in [1.82, 2.24) is 4.98 Å². The first-order chi connectivity index (χ1) is 10.8. The molecule has 3 nitrogen and oxygen atoms in total. The van der Waals surface area contributed by atoms with Crippen LogP contribution >= 0.6 is 22.6 Å². The van der Waals surface area contributed by atoms with E-state index in [9.17, 15) is 0 Å². The van der Waals surface area contributed by atoms with Gasteiger partial charge in [0.25, 0.3) is 0 Å². The van der Waals surface area contributed by atoms with Crippen LogP contribution in [0.4, 0.5) is 5.69 Å². The van der Waals surface area contributed by atoms with E-state index in [1.807, 2.05) is 48.8 Å². The molecule has 0 saturated carbocycles. The van der Waals surface area contributed by atoms with E-state index >= 15 is 0 Å². The Bertz CT molecular complexity index is 751. The number of hydrogen-bond acceptors (Lipinski definition) is 3. The number of anilines is 1. The number of halogens is 1. The zero-order valence-corrected chi connectivity index (χ0v) is 13.9. The number of rotatable bonds is 4. The number of pyridine rings is 1. The third-order valence-corrected chi connectivity index (χ3v) is 3.88. The van der Waals surface area contributed by atoms with Gasteiger partial charge in [0.15, 0.2) is 0 Å². The predicted molar refractivity (Wildman–Crippen MR) is 100 cm³/mol. The highest BCUT2D eigenvalue weighted by atomic mass is 127. The summed E-state index contributed by atoms with van der Waals surface area (Å²) in [6.45, 7) is 0. The summed E-state index contributed by atoms with van der Waals surface area (Å²) < 4.78 is 1.22. The van der Waals surface area contributed by atoms with E-state index in [0.29, 0.717) is 0 Å². The fraction of sp³-hybridized carbons (Fsp3) is 0. The Balaban J connectivity index is 1.65. The number of benzene rings is 2. The van der Waals surface area contributed by atoms with Crippen molar-refractivity contribution in [2.75, 3.05) is 5.43 Å². The summed E-state index contributed by atoms with van der Waals surface area (Å²) in [5, 5.41) is 4.25. The van der Waals surface area contributed by atoms with Crippen LogP contribution in [0.5, 0.6) is 0 Å². The molecule has 0 atom stereocenters. The van der Waals surface area contributed by atoms with Gasteiger partial charge in [-0.25, -0.2) is 0 Å². The van der Waals surface area contributed by atoms with Crippen molar-refractivity contribution in [3.8, 4) is 11.1 Å². The van der Waals surface area contributed by atoms with Crippen LogP contribution in [-0.4, -0.2) is 11.2 Å². The lowest BCUT2D eigenvalue weighted by molar-refractivity contribution is 1.32. The number of nitrogens with one attached hydrogen (secondary N) is 1. The van der Waals surface area contributed by atoms with Crippen LogP contribution in [0.25, 0.3) is 11.1 Å². The predicted octanol–water partition coefficient (Wildman–Crippen LogP) is 4.80. The van der Waals surface area contributed by atoms with E-state index in [1.54, 1.807) is 6.20 Å². The van der Waals surface area contributed by atoms with Gasteiger partial charge in [-0.3, -0.25) is 10.4 Å². The number of hydrogen-bond donors (Lipinski definition) is 1. The number of nitrogens with zero attached hydrogens (tertiary/aromatic N) is 2. The second kappa shape index (κ2) is 7.17. The normalized spacial score (nSPS) is 10.8. The molecule has 0 amide bonds. The topological polar surface area (TPSA) is 37.3 Å². The third-order valence-electron chi connectivity index (χ3n) is 3.16. The van der Waals surface area contributed by atoms with Crippen LogP contribution in [0.15, 0.2) is 78.2 Å². The highest BCUT2D eigenvalue weighted by Crippen LogP contribution is 2.20. The largest absolute Gasteiger partial charge is 0.279 e. The van der Waals surface area contributed by atoms with Crippen molar-refractivity contribution in [2.45, 2.75) is 0 Å². The van der Waals surface area contributed by atoms with Crippen molar-refractivity contribution < 1.29 is 0 Å². The number of aromatic nitrogens is 1. The summed E-state index contributed by atoms with van der Waals surface area (Å²) in [6, 6.07) is 20.3. The van der Waals surface area contributed by atoms with Crippen molar-refractivity contribution in [1.29, 1.82) is 0 Å². The fourth-order valence-corrected chi connectivity index (χ4v) is 2.36. The van der Waals surface area contributed by atoms with E-state index in [2.05, 4.69) is 62.4 Å². The van der Waals surface area contributed by atoms with Crippen LogP contribution in [0.2, 0.25) is 0 Å². The van der Waals surface area contributed by atoms with Crippen molar-refractivity contribution in [3.05, 3.63) is 82.2 Å². The maximum absolute atomic E-state index is 4.25. The SMILES string of the molecule is Ic1ccc(/C=N/Nc2ccc(-c3cccnc3)cc2)cc1. The van der Waals surface area contributed by atoms with Gasteiger partial charge in [-0.05, 0) is 69.6 Å². The molecule has 4 heteroatoms. The maximum atomic E-state index is 4.25. The average molecular weight is 399 g/mol. The Morgan fingerprint density at radius 3 is 2.36 bits per heavy atom. The highest BCUT2D eigenvalue weighted by molar-refractivity contribution is 14.1. The lowest BCUT2D eigenvalue weighted by Crippen LogP contribution is -1.90. The monoisotopic (exact) mass is 399 g/mol. The quantitative estimate of drug-likeness (QED) is 0.389. The first-order valence-electron chi connectivity index (χ1n) is 6.86.